The molecule has 0 aliphatic rings. The Morgan fingerprint density at radius 1 is 1.55 bits per heavy atom. The summed E-state index contributed by atoms with van der Waals surface area (Å²) in [6, 6.07) is 2.80. The Labute approximate surface area is 117 Å². The van der Waals surface area contributed by atoms with Gasteiger partial charge >= 0.3 is 0 Å². The number of hydrogen-bond donors (Lipinski definition) is 1. The van der Waals surface area contributed by atoms with E-state index in [1.165, 1.54) is 24.3 Å². The Kier molecular flexibility index (Phi) is 4.26. The Morgan fingerprint density at radius 3 is 2.80 bits per heavy atom. The van der Waals surface area contributed by atoms with Crippen LogP contribution in [0.1, 0.15) is 17.4 Å². The molecule has 7 nitrogen and oxygen atoms in total. The maximum atomic E-state index is 12.4. The number of furan rings is 1. The van der Waals surface area contributed by atoms with Crippen LogP contribution >= 0.6 is 0 Å². The van der Waals surface area contributed by atoms with E-state index in [0.29, 0.717) is 11.3 Å². The van der Waals surface area contributed by atoms with Gasteiger partial charge in [-0.25, -0.2) is 8.42 Å². The minimum Gasteiger partial charge on any atom is -0.468 e. The minimum absolute atomic E-state index is 0.130. The minimum atomic E-state index is -3.72. The fourth-order valence-corrected chi connectivity index (χ4v) is 3.54. The zero-order valence-electron chi connectivity index (χ0n) is 11.5. The van der Waals surface area contributed by atoms with Crippen LogP contribution in [0.3, 0.4) is 0 Å². The molecule has 0 aliphatic carbocycles. The van der Waals surface area contributed by atoms with Crippen molar-refractivity contribution in [2.75, 3.05) is 13.7 Å². The van der Waals surface area contributed by atoms with Crippen molar-refractivity contribution in [1.82, 2.24) is 14.5 Å². The zero-order valence-corrected chi connectivity index (χ0v) is 12.3. The molecular weight excluding hydrogens is 282 g/mol. The molecule has 0 amide bonds. The summed E-state index contributed by atoms with van der Waals surface area (Å²) >= 11 is 0. The number of methoxy groups -OCH3 is 1. The summed E-state index contributed by atoms with van der Waals surface area (Å²) in [4.78, 5) is 0. The molecule has 2 heterocycles. The van der Waals surface area contributed by atoms with E-state index >= 15 is 0 Å². The molecule has 2 rings (SSSR count). The van der Waals surface area contributed by atoms with E-state index < -0.39 is 16.1 Å². The highest BCUT2D eigenvalue weighted by Gasteiger charge is 2.27. The molecule has 0 bridgehead atoms. The van der Waals surface area contributed by atoms with Gasteiger partial charge in [-0.05, 0) is 19.1 Å². The first-order valence-corrected chi connectivity index (χ1v) is 7.47. The van der Waals surface area contributed by atoms with Crippen LogP contribution < -0.4 is 4.72 Å². The van der Waals surface area contributed by atoms with Gasteiger partial charge in [-0.1, -0.05) is 0 Å². The van der Waals surface area contributed by atoms with E-state index in [1.54, 1.807) is 26.1 Å². The molecule has 8 heteroatoms. The third-order valence-electron chi connectivity index (χ3n) is 2.83. The first-order valence-electron chi connectivity index (χ1n) is 5.99. The van der Waals surface area contributed by atoms with Gasteiger partial charge in [0.05, 0.1) is 19.1 Å². The second-order valence-corrected chi connectivity index (χ2v) is 6.03. The SMILES string of the molecule is COCC(NS(=O)(=O)c1c(C)cnn1C)c1ccco1. The predicted octanol–water partition coefficient (Wildman–Crippen LogP) is 0.988. The first kappa shape index (κ1) is 14.8. The van der Waals surface area contributed by atoms with Gasteiger partial charge in [0.25, 0.3) is 10.0 Å². The molecule has 0 saturated heterocycles. The lowest BCUT2D eigenvalue weighted by molar-refractivity contribution is 0.166. The smallest absolute Gasteiger partial charge is 0.258 e. The van der Waals surface area contributed by atoms with E-state index in [9.17, 15) is 8.42 Å². The summed E-state index contributed by atoms with van der Waals surface area (Å²) < 4.78 is 39.1. The van der Waals surface area contributed by atoms with Crippen molar-refractivity contribution in [3.05, 3.63) is 35.9 Å². The number of sulfonamides is 1. The standard InChI is InChI=1S/C12H17N3O4S/c1-9-7-13-15(2)12(9)20(16,17)14-10(8-18-3)11-5-4-6-19-11/h4-7,10,14H,8H2,1-3H3. The summed E-state index contributed by atoms with van der Waals surface area (Å²) in [5.41, 5.74) is 0.579. The number of nitrogens with one attached hydrogen (secondary N) is 1. The van der Waals surface area contributed by atoms with Crippen molar-refractivity contribution in [2.45, 2.75) is 18.0 Å². The molecule has 2 aromatic heterocycles. The molecule has 1 atom stereocenters. The van der Waals surface area contributed by atoms with E-state index in [2.05, 4.69) is 9.82 Å². The molecule has 0 radical (unpaired) electrons. The van der Waals surface area contributed by atoms with Crippen molar-refractivity contribution in [3.8, 4) is 0 Å². The fraction of sp³-hybridized carbons (Fsp3) is 0.417. The van der Waals surface area contributed by atoms with E-state index in [0.717, 1.165) is 0 Å². The highest BCUT2D eigenvalue weighted by molar-refractivity contribution is 7.89. The number of rotatable bonds is 6. The highest BCUT2D eigenvalue weighted by atomic mass is 32.2. The van der Waals surface area contributed by atoms with E-state index in [1.807, 2.05) is 0 Å². The van der Waals surface area contributed by atoms with Crippen LogP contribution in [0.2, 0.25) is 0 Å². The van der Waals surface area contributed by atoms with E-state index in [-0.39, 0.29) is 11.6 Å². The second kappa shape index (κ2) is 5.78. The normalized spacial score (nSPS) is 13.6. The van der Waals surface area contributed by atoms with Crippen molar-refractivity contribution in [3.63, 3.8) is 0 Å². The van der Waals surface area contributed by atoms with Gasteiger partial charge in [-0.3, -0.25) is 4.68 Å². The number of aromatic nitrogens is 2. The molecule has 0 aromatic carbocycles. The zero-order chi connectivity index (χ0) is 14.8. The lowest BCUT2D eigenvalue weighted by atomic mass is 10.2. The van der Waals surface area contributed by atoms with Crippen LogP contribution in [0.25, 0.3) is 0 Å². The lowest BCUT2D eigenvalue weighted by Crippen LogP contribution is -2.32. The number of aryl methyl sites for hydroxylation is 2. The fourth-order valence-electron chi connectivity index (χ4n) is 2.00. The molecule has 0 saturated carbocycles. The third kappa shape index (κ3) is 2.92. The predicted molar refractivity (Wildman–Crippen MR) is 71.6 cm³/mol. The van der Waals surface area contributed by atoms with Gasteiger partial charge in [0, 0.05) is 19.7 Å². The molecule has 0 fully saturated rings. The Morgan fingerprint density at radius 2 is 2.30 bits per heavy atom. The summed E-state index contributed by atoms with van der Waals surface area (Å²) in [5, 5.41) is 4.07. The van der Waals surface area contributed by atoms with Gasteiger partial charge in [-0.2, -0.15) is 9.82 Å². The molecule has 1 N–H and O–H groups in total. The van der Waals surface area contributed by atoms with Crippen LogP contribution in [0.4, 0.5) is 0 Å². The lowest BCUT2D eigenvalue weighted by Gasteiger charge is -2.16. The molecule has 2 aromatic rings. The van der Waals surface area contributed by atoms with Gasteiger partial charge in [0.1, 0.15) is 11.8 Å². The molecule has 110 valence electrons. The van der Waals surface area contributed by atoms with Crippen molar-refractivity contribution >= 4 is 10.0 Å². The maximum Gasteiger partial charge on any atom is 0.258 e. The average Bonchev–Trinajstić information content (AvgIpc) is 2.98. The van der Waals surface area contributed by atoms with Gasteiger partial charge < -0.3 is 9.15 Å². The summed E-state index contributed by atoms with van der Waals surface area (Å²) in [6.07, 6.45) is 2.99. The molecule has 1 unspecified atom stereocenters. The summed E-state index contributed by atoms with van der Waals surface area (Å²) in [7, 11) is -0.633. The van der Waals surface area contributed by atoms with Crippen molar-refractivity contribution in [2.24, 2.45) is 7.05 Å². The van der Waals surface area contributed by atoms with Crippen LogP contribution in [0, 0.1) is 6.92 Å². The van der Waals surface area contributed by atoms with Crippen LogP contribution in [-0.2, 0) is 21.8 Å². The Bertz CT molecular complexity index is 641. The van der Waals surface area contributed by atoms with Gasteiger partial charge in [0.15, 0.2) is 5.03 Å². The summed E-state index contributed by atoms with van der Waals surface area (Å²) in [5.74, 6) is 0.496. The maximum absolute atomic E-state index is 12.4. The van der Waals surface area contributed by atoms with E-state index in [4.69, 9.17) is 9.15 Å². The molecule has 0 spiro atoms. The monoisotopic (exact) mass is 299 g/mol. The van der Waals surface area contributed by atoms with Crippen LogP contribution in [-0.4, -0.2) is 31.9 Å². The third-order valence-corrected chi connectivity index (χ3v) is 4.52. The quantitative estimate of drug-likeness (QED) is 0.859. The molecular formula is C12H17N3O4S. The van der Waals surface area contributed by atoms with Crippen LogP contribution in [0.5, 0.6) is 0 Å². The molecule has 20 heavy (non-hydrogen) atoms. The number of nitrogens with zero attached hydrogens (tertiary/aromatic N) is 2. The first-order chi connectivity index (χ1) is 9.45. The van der Waals surface area contributed by atoms with Gasteiger partial charge in [0.2, 0.25) is 0 Å². The number of hydrogen-bond acceptors (Lipinski definition) is 5. The topological polar surface area (TPSA) is 86.4 Å². The molecule has 0 aliphatic heterocycles. The summed E-state index contributed by atoms with van der Waals surface area (Å²) in [6.45, 7) is 1.86. The second-order valence-electron chi connectivity index (χ2n) is 4.40. The Balaban J connectivity index is 2.31. The van der Waals surface area contributed by atoms with Crippen LogP contribution in [0.15, 0.2) is 34.0 Å². The largest absolute Gasteiger partial charge is 0.468 e. The van der Waals surface area contributed by atoms with Gasteiger partial charge in [-0.15, -0.1) is 0 Å². The average molecular weight is 299 g/mol. The Hall–Kier alpha value is -1.64. The van der Waals surface area contributed by atoms with Crippen molar-refractivity contribution < 1.29 is 17.6 Å². The van der Waals surface area contributed by atoms with Crippen molar-refractivity contribution in [1.29, 1.82) is 0 Å². The highest BCUT2D eigenvalue weighted by Crippen LogP contribution is 2.19. The number of ether oxygens (including phenoxy) is 1.